The average Bonchev–Trinajstić information content (AvgIpc) is 3.51. The molecule has 0 fully saturated rings. The molecule has 1 atom stereocenters. The molecule has 11 heteroatoms. The SMILES string of the molecule is COCCN(CC(=O)N1N=C(c2ccc(OC)cc2OC)CC1c1ccc(OC)c(OC)c1)C(=O)c1ccc(OC)cc1. The largest absolute Gasteiger partial charge is 0.497 e. The Labute approximate surface area is 251 Å². The van der Waals surface area contributed by atoms with Gasteiger partial charge in [0.25, 0.3) is 11.8 Å². The summed E-state index contributed by atoms with van der Waals surface area (Å²) in [4.78, 5) is 29.0. The fraction of sp³-hybridized carbons (Fsp3) is 0.344. The van der Waals surface area contributed by atoms with Gasteiger partial charge in [-0.05, 0) is 54.1 Å². The Bertz CT molecular complexity index is 1460. The minimum Gasteiger partial charge on any atom is -0.497 e. The van der Waals surface area contributed by atoms with Gasteiger partial charge in [0.1, 0.15) is 23.8 Å². The van der Waals surface area contributed by atoms with E-state index in [-0.39, 0.29) is 31.5 Å². The molecule has 1 unspecified atom stereocenters. The van der Waals surface area contributed by atoms with Gasteiger partial charge in [-0.25, -0.2) is 5.01 Å². The fourth-order valence-corrected chi connectivity index (χ4v) is 4.87. The summed E-state index contributed by atoms with van der Waals surface area (Å²) in [5, 5.41) is 6.22. The highest BCUT2D eigenvalue weighted by Crippen LogP contribution is 2.39. The monoisotopic (exact) mass is 591 g/mol. The molecule has 0 radical (unpaired) electrons. The highest BCUT2D eigenvalue weighted by Gasteiger charge is 2.36. The maximum atomic E-state index is 14.0. The highest BCUT2D eigenvalue weighted by molar-refractivity contribution is 6.05. The van der Waals surface area contributed by atoms with Crippen LogP contribution in [-0.4, -0.2) is 89.8 Å². The topological polar surface area (TPSA) is 108 Å². The predicted molar refractivity (Wildman–Crippen MR) is 161 cm³/mol. The van der Waals surface area contributed by atoms with Crippen LogP contribution in [0.5, 0.6) is 28.7 Å². The van der Waals surface area contributed by atoms with E-state index in [0.717, 1.165) is 11.1 Å². The van der Waals surface area contributed by atoms with Gasteiger partial charge in [0.15, 0.2) is 11.5 Å². The van der Waals surface area contributed by atoms with Crippen LogP contribution in [0.15, 0.2) is 65.8 Å². The number of carbonyl (C=O) groups excluding carboxylic acids is 2. The maximum absolute atomic E-state index is 14.0. The predicted octanol–water partition coefficient (Wildman–Crippen LogP) is 4.20. The third kappa shape index (κ3) is 7.00. The van der Waals surface area contributed by atoms with Gasteiger partial charge in [0.05, 0.1) is 53.9 Å². The third-order valence-electron chi connectivity index (χ3n) is 7.19. The molecule has 0 saturated heterocycles. The van der Waals surface area contributed by atoms with E-state index in [0.29, 0.717) is 46.4 Å². The smallest absolute Gasteiger partial charge is 0.262 e. The first-order valence-electron chi connectivity index (χ1n) is 13.6. The van der Waals surface area contributed by atoms with Crippen molar-refractivity contribution in [3.05, 3.63) is 77.4 Å². The van der Waals surface area contributed by atoms with Crippen LogP contribution < -0.4 is 23.7 Å². The number of methoxy groups -OCH3 is 6. The maximum Gasteiger partial charge on any atom is 0.262 e. The molecule has 228 valence electrons. The van der Waals surface area contributed by atoms with Gasteiger partial charge in [0.2, 0.25) is 0 Å². The van der Waals surface area contributed by atoms with Gasteiger partial charge in [-0.3, -0.25) is 9.59 Å². The van der Waals surface area contributed by atoms with Crippen LogP contribution in [0.2, 0.25) is 0 Å². The molecule has 4 rings (SSSR count). The molecule has 1 aliphatic rings. The summed E-state index contributed by atoms with van der Waals surface area (Å²) in [5.74, 6) is 2.25. The number of ether oxygens (including phenoxy) is 6. The summed E-state index contributed by atoms with van der Waals surface area (Å²) < 4.78 is 32.4. The number of carbonyl (C=O) groups is 2. The van der Waals surface area contributed by atoms with Crippen molar-refractivity contribution in [3.63, 3.8) is 0 Å². The molecule has 3 aromatic carbocycles. The van der Waals surface area contributed by atoms with E-state index < -0.39 is 6.04 Å². The van der Waals surface area contributed by atoms with Crippen LogP contribution in [-0.2, 0) is 9.53 Å². The van der Waals surface area contributed by atoms with Crippen LogP contribution in [0.1, 0.15) is 33.9 Å². The minimum absolute atomic E-state index is 0.213. The molecule has 43 heavy (non-hydrogen) atoms. The van der Waals surface area contributed by atoms with Crippen molar-refractivity contribution in [1.82, 2.24) is 9.91 Å². The quantitative estimate of drug-likeness (QED) is 0.291. The van der Waals surface area contributed by atoms with Crippen molar-refractivity contribution in [2.75, 3.05) is 62.4 Å². The number of hydrogen-bond donors (Lipinski definition) is 0. The van der Waals surface area contributed by atoms with Crippen LogP contribution in [0.4, 0.5) is 0 Å². The first-order valence-corrected chi connectivity index (χ1v) is 13.6. The lowest BCUT2D eigenvalue weighted by Gasteiger charge is -2.27. The van der Waals surface area contributed by atoms with Gasteiger partial charge in [-0.1, -0.05) is 6.07 Å². The molecule has 1 heterocycles. The Hall–Kier alpha value is -4.77. The van der Waals surface area contributed by atoms with E-state index in [1.165, 1.54) is 9.91 Å². The first kappa shape index (κ1) is 31.2. The molecule has 0 N–H and O–H groups in total. The Balaban J connectivity index is 1.70. The van der Waals surface area contributed by atoms with Crippen molar-refractivity contribution in [3.8, 4) is 28.7 Å². The molecule has 1 aliphatic heterocycles. The van der Waals surface area contributed by atoms with E-state index in [1.54, 1.807) is 79.1 Å². The van der Waals surface area contributed by atoms with Crippen molar-refractivity contribution >= 4 is 17.5 Å². The number of hydrazone groups is 1. The van der Waals surface area contributed by atoms with E-state index in [2.05, 4.69) is 0 Å². The number of nitrogens with zero attached hydrogens (tertiary/aromatic N) is 3. The first-order chi connectivity index (χ1) is 20.9. The Morgan fingerprint density at radius 1 is 0.791 bits per heavy atom. The normalized spacial score (nSPS) is 14.1. The lowest BCUT2D eigenvalue weighted by molar-refractivity contribution is -0.133. The van der Waals surface area contributed by atoms with E-state index in [9.17, 15) is 9.59 Å². The molecule has 0 bridgehead atoms. The fourth-order valence-electron chi connectivity index (χ4n) is 4.87. The molecule has 0 saturated carbocycles. The number of hydrogen-bond acceptors (Lipinski definition) is 9. The van der Waals surface area contributed by atoms with Crippen LogP contribution in [0.3, 0.4) is 0 Å². The second-order valence-corrected chi connectivity index (χ2v) is 9.63. The second kappa shape index (κ2) is 14.4. The van der Waals surface area contributed by atoms with Crippen LogP contribution >= 0.6 is 0 Å². The Morgan fingerprint density at radius 3 is 2.09 bits per heavy atom. The molecule has 3 aromatic rings. The summed E-state index contributed by atoms with van der Waals surface area (Å²) in [6, 6.07) is 17.2. The summed E-state index contributed by atoms with van der Waals surface area (Å²) in [5.41, 5.74) is 2.60. The number of benzene rings is 3. The number of amides is 2. The lowest BCUT2D eigenvalue weighted by atomic mass is 9.97. The highest BCUT2D eigenvalue weighted by atomic mass is 16.5. The van der Waals surface area contributed by atoms with Crippen LogP contribution in [0.25, 0.3) is 0 Å². The molecule has 2 amide bonds. The summed E-state index contributed by atoms with van der Waals surface area (Å²) >= 11 is 0. The van der Waals surface area contributed by atoms with E-state index in [1.807, 2.05) is 24.3 Å². The molecule has 0 aliphatic carbocycles. The standard InChI is InChI=1S/C32H37N3O8/c1-38-16-15-34(32(37)21-7-10-23(39-2)11-8-21)20-31(36)35-27(22-9-14-28(41-4)30(17-22)43-6)19-26(33-35)25-13-12-24(40-3)18-29(25)42-5/h7-14,17-18,27H,15-16,19-20H2,1-6H3. The lowest BCUT2D eigenvalue weighted by Crippen LogP contribution is -2.42. The molecular formula is C32H37N3O8. The van der Waals surface area contributed by atoms with Gasteiger partial charge < -0.3 is 33.3 Å². The zero-order chi connectivity index (χ0) is 30.9. The summed E-state index contributed by atoms with van der Waals surface area (Å²) in [6.45, 7) is 0.255. The van der Waals surface area contributed by atoms with Crippen molar-refractivity contribution in [2.45, 2.75) is 12.5 Å². The van der Waals surface area contributed by atoms with Gasteiger partial charge in [-0.15, -0.1) is 0 Å². The molecule has 11 nitrogen and oxygen atoms in total. The van der Waals surface area contributed by atoms with E-state index in [4.69, 9.17) is 33.5 Å². The zero-order valence-electron chi connectivity index (χ0n) is 25.3. The summed E-state index contributed by atoms with van der Waals surface area (Å²) in [7, 11) is 9.38. The zero-order valence-corrected chi connectivity index (χ0v) is 25.3. The van der Waals surface area contributed by atoms with Crippen molar-refractivity contribution < 1.29 is 38.0 Å². The van der Waals surface area contributed by atoms with Crippen molar-refractivity contribution in [2.24, 2.45) is 5.10 Å². The minimum atomic E-state index is -0.477. The van der Waals surface area contributed by atoms with Gasteiger partial charge in [-0.2, -0.15) is 5.10 Å². The molecular weight excluding hydrogens is 554 g/mol. The van der Waals surface area contributed by atoms with E-state index >= 15 is 0 Å². The number of rotatable bonds is 13. The third-order valence-corrected chi connectivity index (χ3v) is 7.19. The molecule has 0 aromatic heterocycles. The van der Waals surface area contributed by atoms with Gasteiger partial charge in [0, 0.05) is 37.3 Å². The molecule has 0 spiro atoms. The average molecular weight is 592 g/mol. The van der Waals surface area contributed by atoms with Gasteiger partial charge >= 0.3 is 0 Å². The second-order valence-electron chi connectivity index (χ2n) is 9.63. The Morgan fingerprint density at radius 2 is 1.47 bits per heavy atom. The van der Waals surface area contributed by atoms with Crippen molar-refractivity contribution in [1.29, 1.82) is 0 Å². The van der Waals surface area contributed by atoms with Crippen LogP contribution in [0, 0.1) is 0 Å². The summed E-state index contributed by atoms with van der Waals surface area (Å²) in [6.07, 6.45) is 0.397. The Kier molecular flexibility index (Phi) is 10.4.